The van der Waals surface area contributed by atoms with Crippen LogP contribution in [0.15, 0.2) is 18.3 Å². The van der Waals surface area contributed by atoms with Crippen molar-refractivity contribution in [3.05, 3.63) is 23.9 Å². The van der Waals surface area contributed by atoms with E-state index in [0.29, 0.717) is 12.6 Å². The minimum Gasteiger partial charge on any atom is -0.345 e. The summed E-state index contributed by atoms with van der Waals surface area (Å²) in [4.78, 5) is 6.71. The van der Waals surface area contributed by atoms with Crippen molar-refractivity contribution >= 4 is 5.82 Å². The maximum absolute atomic E-state index is 5.48. The fourth-order valence-corrected chi connectivity index (χ4v) is 2.26. The quantitative estimate of drug-likeness (QED) is 0.761. The van der Waals surface area contributed by atoms with Gasteiger partial charge in [0, 0.05) is 18.8 Å². The lowest BCUT2D eigenvalue weighted by atomic mass is 10.1. The highest BCUT2D eigenvalue weighted by Gasteiger charge is 2.24. The molecular weight excluding hydrogens is 234 g/mol. The zero-order valence-corrected chi connectivity index (χ0v) is 11.9. The van der Waals surface area contributed by atoms with E-state index >= 15 is 0 Å². The van der Waals surface area contributed by atoms with Crippen molar-refractivity contribution in [2.75, 3.05) is 24.5 Å². The molecule has 0 saturated heterocycles. The molecule has 1 fully saturated rings. The van der Waals surface area contributed by atoms with Gasteiger partial charge in [0.05, 0.1) is 6.54 Å². The van der Waals surface area contributed by atoms with Gasteiger partial charge in [0.2, 0.25) is 0 Å². The standard InChI is InChI=1S/C16H23N3/c1-4-10-19(12-14-6-7-14)16-11-15(8-9-18-16)13(3)17-5-2/h1,8-9,11,13-14,17H,5-7,10,12H2,2-3H3. The number of hydrogen-bond donors (Lipinski definition) is 1. The molecule has 1 heterocycles. The summed E-state index contributed by atoms with van der Waals surface area (Å²) in [5.41, 5.74) is 1.27. The Balaban J connectivity index is 2.12. The van der Waals surface area contributed by atoms with Gasteiger partial charge in [-0.2, -0.15) is 0 Å². The summed E-state index contributed by atoms with van der Waals surface area (Å²) >= 11 is 0. The lowest BCUT2D eigenvalue weighted by molar-refractivity contribution is 0.597. The van der Waals surface area contributed by atoms with E-state index in [1.165, 1.54) is 18.4 Å². The van der Waals surface area contributed by atoms with Crippen LogP contribution in [0, 0.1) is 18.3 Å². The molecule has 1 N–H and O–H groups in total. The third kappa shape index (κ3) is 3.97. The van der Waals surface area contributed by atoms with Gasteiger partial charge in [0.1, 0.15) is 5.82 Å². The number of aromatic nitrogens is 1. The van der Waals surface area contributed by atoms with Crippen LogP contribution in [-0.2, 0) is 0 Å². The molecule has 1 atom stereocenters. The predicted molar refractivity (Wildman–Crippen MR) is 80.1 cm³/mol. The largest absolute Gasteiger partial charge is 0.345 e. The summed E-state index contributed by atoms with van der Waals surface area (Å²) in [5.74, 6) is 4.56. The van der Waals surface area contributed by atoms with Crippen LogP contribution in [0.2, 0.25) is 0 Å². The van der Waals surface area contributed by atoms with Crippen molar-refractivity contribution in [3.8, 4) is 12.3 Å². The lowest BCUT2D eigenvalue weighted by Crippen LogP contribution is -2.27. The van der Waals surface area contributed by atoms with Crippen LogP contribution in [0.5, 0.6) is 0 Å². The van der Waals surface area contributed by atoms with Gasteiger partial charge >= 0.3 is 0 Å². The number of anilines is 1. The summed E-state index contributed by atoms with van der Waals surface area (Å²) in [7, 11) is 0. The summed E-state index contributed by atoms with van der Waals surface area (Å²) in [5, 5.41) is 3.43. The first-order valence-electron chi connectivity index (χ1n) is 7.12. The maximum atomic E-state index is 5.48. The van der Waals surface area contributed by atoms with Crippen molar-refractivity contribution in [2.45, 2.75) is 32.7 Å². The molecule has 1 aliphatic rings. The molecule has 0 spiro atoms. The second-order valence-corrected chi connectivity index (χ2v) is 5.25. The normalized spacial score (nSPS) is 15.8. The molecule has 0 radical (unpaired) electrons. The number of terminal acetylenes is 1. The predicted octanol–water partition coefficient (Wildman–Crippen LogP) is 2.60. The first-order chi connectivity index (χ1) is 9.24. The number of rotatable bonds is 7. The summed E-state index contributed by atoms with van der Waals surface area (Å²) < 4.78 is 0. The Bertz CT molecular complexity index is 446. The summed E-state index contributed by atoms with van der Waals surface area (Å²) in [6, 6.07) is 4.58. The number of hydrogen-bond acceptors (Lipinski definition) is 3. The molecular formula is C16H23N3. The molecule has 1 saturated carbocycles. The molecule has 0 aliphatic heterocycles. The van der Waals surface area contributed by atoms with Gasteiger partial charge in [-0.1, -0.05) is 12.8 Å². The minimum atomic E-state index is 0.348. The third-order valence-electron chi connectivity index (χ3n) is 3.56. The first kappa shape index (κ1) is 13.9. The fourth-order valence-electron chi connectivity index (χ4n) is 2.26. The van der Waals surface area contributed by atoms with Gasteiger partial charge in [-0.05, 0) is 49.9 Å². The van der Waals surface area contributed by atoms with Crippen LogP contribution in [0.4, 0.5) is 5.82 Å². The van der Waals surface area contributed by atoms with Gasteiger partial charge in [-0.3, -0.25) is 0 Å². The molecule has 0 amide bonds. The van der Waals surface area contributed by atoms with Crippen molar-refractivity contribution < 1.29 is 0 Å². The van der Waals surface area contributed by atoms with E-state index in [1.54, 1.807) is 0 Å². The smallest absolute Gasteiger partial charge is 0.129 e. The Morgan fingerprint density at radius 2 is 2.37 bits per heavy atom. The van der Waals surface area contributed by atoms with E-state index in [0.717, 1.165) is 24.8 Å². The van der Waals surface area contributed by atoms with Crippen LogP contribution >= 0.6 is 0 Å². The van der Waals surface area contributed by atoms with Gasteiger partial charge in [0.25, 0.3) is 0 Å². The Labute approximate surface area is 116 Å². The van der Waals surface area contributed by atoms with Crippen molar-refractivity contribution in [3.63, 3.8) is 0 Å². The Kier molecular flexibility index (Phi) is 4.81. The van der Waals surface area contributed by atoms with Gasteiger partial charge in [0.15, 0.2) is 0 Å². The number of pyridine rings is 1. The molecule has 1 aromatic heterocycles. The summed E-state index contributed by atoms with van der Waals surface area (Å²) in [6.45, 7) is 6.94. The van der Waals surface area contributed by atoms with Crippen molar-refractivity contribution in [1.29, 1.82) is 0 Å². The lowest BCUT2D eigenvalue weighted by Gasteiger charge is -2.22. The highest BCUT2D eigenvalue weighted by molar-refractivity contribution is 5.43. The van der Waals surface area contributed by atoms with Gasteiger partial charge in [-0.25, -0.2) is 4.98 Å². The molecule has 1 unspecified atom stereocenters. The van der Waals surface area contributed by atoms with Gasteiger partial charge in [-0.15, -0.1) is 6.42 Å². The zero-order valence-electron chi connectivity index (χ0n) is 11.9. The second-order valence-electron chi connectivity index (χ2n) is 5.25. The van der Waals surface area contributed by atoms with E-state index in [4.69, 9.17) is 6.42 Å². The molecule has 102 valence electrons. The molecule has 1 aliphatic carbocycles. The van der Waals surface area contributed by atoms with E-state index < -0.39 is 0 Å². The van der Waals surface area contributed by atoms with Crippen LogP contribution in [0.25, 0.3) is 0 Å². The monoisotopic (exact) mass is 257 g/mol. The van der Waals surface area contributed by atoms with E-state index in [9.17, 15) is 0 Å². The van der Waals surface area contributed by atoms with Crippen LogP contribution in [0.1, 0.15) is 38.3 Å². The van der Waals surface area contributed by atoms with E-state index in [-0.39, 0.29) is 0 Å². The number of nitrogens with one attached hydrogen (secondary N) is 1. The Morgan fingerprint density at radius 1 is 1.58 bits per heavy atom. The molecule has 3 heteroatoms. The topological polar surface area (TPSA) is 28.2 Å². The maximum Gasteiger partial charge on any atom is 0.129 e. The average molecular weight is 257 g/mol. The molecule has 0 bridgehead atoms. The molecule has 3 nitrogen and oxygen atoms in total. The molecule has 19 heavy (non-hydrogen) atoms. The Hall–Kier alpha value is -1.53. The third-order valence-corrected chi connectivity index (χ3v) is 3.56. The van der Waals surface area contributed by atoms with Crippen LogP contribution in [-0.4, -0.2) is 24.6 Å². The zero-order chi connectivity index (χ0) is 13.7. The minimum absolute atomic E-state index is 0.348. The van der Waals surface area contributed by atoms with Crippen LogP contribution in [0.3, 0.4) is 0 Å². The van der Waals surface area contributed by atoms with Gasteiger partial charge < -0.3 is 10.2 Å². The first-order valence-corrected chi connectivity index (χ1v) is 7.12. The van der Waals surface area contributed by atoms with Crippen molar-refractivity contribution in [2.24, 2.45) is 5.92 Å². The average Bonchev–Trinajstić information content (AvgIpc) is 3.23. The molecule has 2 rings (SSSR count). The van der Waals surface area contributed by atoms with Crippen molar-refractivity contribution in [1.82, 2.24) is 10.3 Å². The van der Waals surface area contributed by atoms with E-state index in [1.807, 2.05) is 6.20 Å². The number of nitrogens with zero attached hydrogens (tertiary/aromatic N) is 2. The molecule has 1 aromatic rings. The highest BCUT2D eigenvalue weighted by atomic mass is 15.2. The van der Waals surface area contributed by atoms with Crippen LogP contribution < -0.4 is 10.2 Å². The molecule has 0 aromatic carbocycles. The fraction of sp³-hybridized carbons (Fsp3) is 0.562. The highest BCUT2D eigenvalue weighted by Crippen LogP contribution is 2.31. The Morgan fingerprint density at radius 3 is 3.00 bits per heavy atom. The summed E-state index contributed by atoms with van der Waals surface area (Å²) in [6.07, 6.45) is 10.0. The SMILES string of the molecule is C#CCN(CC1CC1)c1cc(C(C)NCC)ccn1. The second kappa shape index (κ2) is 6.58. The van der Waals surface area contributed by atoms with E-state index in [2.05, 4.69) is 47.1 Å².